The van der Waals surface area contributed by atoms with E-state index in [4.69, 9.17) is 0 Å². The summed E-state index contributed by atoms with van der Waals surface area (Å²) in [6.07, 6.45) is 5.04. The molecule has 1 spiro atoms. The highest BCUT2D eigenvalue weighted by Crippen LogP contribution is 2.35. The number of nitrogens with zero attached hydrogens (tertiary/aromatic N) is 1. The van der Waals surface area contributed by atoms with Crippen molar-refractivity contribution in [3.63, 3.8) is 0 Å². The Hall–Kier alpha value is -1.06. The summed E-state index contributed by atoms with van der Waals surface area (Å²) in [5.74, 6) is 0.177. The maximum absolute atomic E-state index is 12.8. The first-order chi connectivity index (χ1) is 8.50. The monoisotopic (exact) mass is 252 g/mol. The zero-order valence-corrected chi connectivity index (χ0v) is 11.7. The van der Waals surface area contributed by atoms with Crippen LogP contribution in [0.4, 0.5) is 0 Å². The molecule has 4 nitrogen and oxygen atoms in total. The van der Waals surface area contributed by atoms with Crippen molar-refractivity contribution in [3.8, 4) is 0 Å². The zero-order valence-electron chi connectivity index (χ0n) is 11.7. The van der Waals surface area contributed by atoms with Gasteiger partial charge in [0, 0.05) is 18.5 Å². The molecule has 2 amide bonds. The van der Waals surface area contributed by atoms with E-state index in [1.807, 2.05) is 11.8 Å². The fourth-order valence-electron chi connectivity index (χ4n) is 3.33. The molecule has 4 heteroatoms. The summed E-state index contributed by atoms with van der Waals surface area (Å²) >= 11 is 0. The van der Waals surface area contributed by atoms with Crippen molar-refractivity contribution < 1.29 is 9.59 Å². The van der Waals surface area contributed by atoms with Gasteiger partial charge in [0.25, 0.3) is 0 Å². The van der Waals surface area contributed by atoms with E-state index in [0.29, 0.717) is 6.42 Å². The van der Waals surface area contributed by atoms with Crippen LogP contribution in [0.3, 0.4) is 0 Å². The van der Waals surface area contributed by atoms with Crippen molar-refractivity contribution in [1.82, 2.24) is 10.2 Å². The van der Waals surface area contributed by atoms with Gasteiger partial charge in [0.15, 0.2) is 0 Å². The third-order valence-corrected chi connectivity index (χ3v) is 4.50. The van der Waals surface area contributed by atoms with Gasteiger partial charge in [0.05, 0.1) is 0 Å². The third-order valence-electron chi connectivity index (χ3n) is 4.50. The van der Waals surface area contributed by atoms with E-state index in [2.05, 4.69) is 19.2 Å². The normalized spacial score (nSPS) is 29.3. The van der Waals surface area contributed by atoms with Crippen LogP contribution >= 0.6 is 0 Å². The van der Waals surface area contributed by atoms with Gasteiger partial charge in [0.2, 0.25) is 11.8 Å². The lowest BCUT2D eigenvalue weighted by Crippen LogP contribution is -2.57. The lowest BCUT2D eigenvalue weighted by atomic mass is 9.94. The van der Waals surface area contributed by atoms with Crippen molar-refractivity contribution in [3.05, 3.63) is 0 Å². The van der Waals surface area contributed by atoms with Crippen LogP contribution < -0.4 is 5.32 Å². The Morgan fingerprint density at radius 2 is 2.00 bits per heavy atom. The van der Waals surface area contributed by atoms with Crippen molar-refractivity contribution in [2.24, 2.45) is 0 Å². The second-order valence-corrected chi connectivity index (χ2v) is 5.86. The molecule has 18 heavy (non-hydrogen) atoms. The van der Waals surface area contributed by atoms with Crippen LogP contribution in [-0.2, 0) is 9.59 Å². The van der Waals surface area contributed by atoms with Crippen molar-refractivity contribution in [2.75, 3.05) is 0 Å². The van der Waals surface area contributed by atoms with Crippen molar-refractivity contribution in [1.29, 1.82) is 0 Å². The lowest BCUT2D eigenvalue weighted by molar-refractivity contribution is -0.142. The minimum absolute atomic E-state index is 0.00687. The molecule has 2 aliphatic rings. The highest BCUT2D eigenvalue weighted by atomic mass is 16.2. The van der Waals surface area contributed by atoms with Crippen molar-refractivity contribution in [2.45, 2.75) is 76.9 Å². The third kappa shape index (κ3) is 2.13. The Morgan fingerprint density at radius 3 is 2.56 bits per heavy atom. The van der Waals surface area contributed by atoms with E-state index in [-0.39, 0.29) is 23.9 Å². The van der Waals surface area contributed by atoms with E-state index in [1.54, 1.807) is 0 Å². The standard InChI is InChI=1S/C14H24N2O2/c1-4-10(2)16-11(3)9-12(17)15-14(13(16)18)7-5-6-8-14/h10-11H,4-9H2,1-3H3,(H,15,17). The summed E-state index contributed by atoms with van der Waals surface area (Å²) < 4.78 is 0. The van der Waals surface area contributed by atoms with Gasteiger partial charge in [-0.3, -0.25) is 9.59 Å². The van der Waals surface area contributed by atoms with Gasteiger partial charge in [-0.25, -0.2) is 0 Å². The minimum Gasteiger partial charge on any atom is -0.342 e. The second-order valence-electron chi connectivity index (χ2n) is 5.86. The number of hydrogen-bond donors (Lipinski definition) is 1. The molecule has 1 saturated heterocycles. The average molecular weight is 252 g/mol. The average Bonchev–Trinajstić information content (AvgIpc) is 2.74. The molecule has 1 saturated carbocycles. The fourth-order valence-corrected chi connectivity index (χ4v) is 3.33. The minimum atomic E-state index is -0.592. The Morgan fingerprint density at radius 1 is 1.39 bits per heavy atom. The molecule has 102 valence electrons. The molecule has 1 aliphatic heterocycles. The van der Waals surface area contributed by atoms with Crippen LogP contribution in [0.2, 0.25) is 0 Å². The predicted octanol–water partition coefficient (Wildman–Crippen LogP) is 1.83. The Labute approximate surface area is 109 Å². The van der Waals surface area contributed by atoms with Gasteiger partial charge < -0.3 is 10.2 Å². The molecular formula is C14H24N2O2. The summed E-state index contributed by atoms with van der Waals surface area (Å²) in [7, 11) is 0. The maximum atomic E-state index is 12.8. The quantitative estimate of drug-likeness (QED) is 0.815. The molecule has 0 aromatic heterocycles. The van der Waals surface area contributed by atoms with Gasteiger partial charge in [-0.1, -0.05) is 19.8 Å². The van der Waals surface area contributed by atoms with E-state index in [9.17, 15) is 9.59 Å². The lowest BCUT2D eigenvalue weighted by Gasteiger charge is -2.37. The summed E-state index contributed by atoms with van der Waals surface area (Å²) in [6.45, 7) is 6.15. The number of carbonyl (C=O) groups is 2. The Kier molecular flexibility index (Phi) is 3.64. The first-order valence-corrected chi connectivity index (χ1v) is 7.14. The van der Waals surface area contributed by atoms with Gasteiger partial charge in [-0.05, 0) is 33.1 Å². The van der Waals surface area contributed by atoms with E-state index < -0.39 is 5.54 Å². The highest BCUT2D eigenvalue weighted by Gasteiger charge is 2.48. The summed E-state index contributed by atoms with van der Waals surface area (Å²) in [5, 5.41) is 3.01. The molecule has 0 aromatic rings. The summed E-state index contributed by atoms with van der Waals surface area (Å²) in [4.78, 5) is 26.8. The van der Waals surface area contributed by atoms with Gasteiger partial charge in [0.1, 0.15) is 5.54 Å². The van der Waals surface area contributed by atoms with E-state index in [1.165, 1.54) is 0 Å². The highest BCUT2D eigenvalue weighted by molar-refractivity contribution is 5.94. The molecule has 2 rings (SSSR count). The fraction of sp³-hybridized carbons (Fsp3) is 0.857. The number of carbonyl (C=O) groups excluding carboxylic acids is 2. The molecule has 0 bridgehead atoms. The first-order valence-electron chi connectivity index (χ1n) is 7.14. The molecule has 0 aromatic carbocycles. The predicted molar refractivity (Wildman–Crippen MR) is 70.0 cm³/mol. The number of amides is 2. The smallest absolute Gasteiger partial charge is 0.248 e. The number of nitrogens with one attached hydrogen (secondary N) is 1. The summed E-state index contributed by atoms with van der Waals surface area (Å²) in [6, 6.07) is 0.213. The topological polar surface area (TPSA) is 49.4 Å². The zero-order chi connectivity index (χ0) is 13.3. The van der Waals surface area contributed by atoms with Crippen LogP contribution in [0.5, 0.6) is 0 Å². The number of rotatable bonds is 2. The molecule has 1 aliphatic carbocycles. The van der Waals surface area contributed by atoms with Crippen LogP contribution in [0.1, 0.15) is 59.3 Å². The molecule has 0 radical (unpaired) electrons. The van der Waals surface area contributed by atoms with Crippen molar-refractivity contribution >= 4 is 11.8 Å². The van der Waals surface area contributed by atoms with Gasteiger partial charge in [-0.2, -0.15) is 0 Å². The maximum Gasteiger partial charge on any atom is 0.248 e. The molecule has 2 atom stereocenters. The molecule has 1 N–H and O–H groups in total. The van der Waals surface area contributed by atoms with Gasteiger partial charge >= 0.3 is 0 Å². The van der Waals surface area contributed by atoms with Crippen LogP contribution in [0, 0.1) is 0 Å². The molecular weight excluding hydrogens is 228 g/mol. The largest absolute Gasteiger partial charge is 0.342 e. The second kappa shape index (κ2) is 4.90. The Balaban J connectivity index is 2.33. The first kappa shape index (κ1) is 13.4. The van der Waals surface area contributed by atoms with Gasteiger partial charge in [-0.15, -0.1) is 0 Å². The van der Waals surface area contributed by atoms with E-state index >= 15 is 0 Å². The molecule has 2 fully saturated rings. The Bertz CT molecular complexity index is 348. The van der Waals surface area contributed by atoms with Crippen LogP contribution in [0.25, 0.3) is 0 Å². The van der Waals surface area contributed by atoms with Crippen LogP contribution in [-0.4, -0.2) is 34.3 Å². The summed E-state index contributed by atoms with van der Waals surface area (Å²) in [5.41, 5.74) is -0.592. The SMILES string of the molecule is CCC(C)N1C(=O)C2(CCCC2)NC(=O)CC1C. The van der Waals surface area contributed by atoms with Crippen LogP contribution in [0.15, 0.2) is 0 Å². The molecule has 2 unspecified atom stereocenters. The number of hydrogen-bond acceptors (Lipinski definition) is 2. The molecule has 1 heterocycles. The van der Waals surface area contributed by atoms with E-state index in [0.717, 1.165) is 32.1 Å².